The molecule has 2 aromatic carbocycles. The van der Waals surface area contributed by atoms with E-state index in [1.807, 2.05) is 13.8 Å². The topological polar surface area (TPSA) is 93.1 Å². The SMILES string of the molecule is CCCN1C(=O)S/C(=C/c2cc(Br)c(OCc3ccc(C(=O)O)cc3)c(OCC)c2)C1=O. The van der Waals surface area contributed by atoms with Gasteiger partial charge in [-0.25, -0.2) is 4.79 Å². The third-order valence-electron chi connectivity index (χ3n) is 4.53. The van der Waals surface area contributed by atoms with Gasteiger partial charge in [0.05, 0.1) is 21.5 Å². The fourth-order valence-electron chi connectivity index (χ4n) is 3.04. The number of carbonyl (C=O) groups is 3. The molecule has 1 N–H and O–H groups in total. The number of thioether (sulfide) groups is 1. The molecule has 0 saturated carbocycles. The third-order valence-corrected chi connectivity index (χ3v) is 6.03. The number of halogens is 1. The molecule has 168 valence electrons. The first kappa shape index (κ1) is 23.9. The highest BCUT2D eigenvalue weighted by atomic mass is 79.9. The maximum Gasteiger partial charge on any atom is 0.335 e. The van der Waals surface area contributed by atoms with Crippen LogP contribution in [0.15, 0.2) is 45.8 Å². The standard InChI is InChI=1S/C23H22BrNO6S/c1-3-9-25-21(26)19(32-23(25)29)12-15-10-17(24)20(18(11-15)30-4-2)31-13-14-5-7-16(8-6-14)22(27)28/h5-8,10-12H,3-4,9,13H2,1-2H3,(H,27,28)/b19-12+. The average molecular weight is 520 g/mol. The van der Waals surface area contributed by atoms with Crippen LogP contribution in [0.1, 0.15) is 41.8 Å². The number of rotatable bonds is 9. The summed E-state index contributed by atoms with van der Waals surface area (Å²) in [7, 11) is 0. The first-order valence-electron chi connectivity index (χ1n) is 10.0. The van der Waals surface area contributed by atoms with Crippen LogP contribution in [-0.4, -0.2) is 40.3 Å². The van der Waals surface area contributed by atoms with E-state index in [0.717, 1.165) is 17.3 Å². The molecule has 0 radical (unpaired) electrons. The van der Waals surface area contributed by atoms with Crippen molar-refractivity contribution < 1.29 is 29.0 Å². The molecule has 0 aromatic heterocycles. The first-order valence-corrected chi connectivity index (χ1v) is 11.6. The zero-order valence-electron chi connectivity index (χ0n) is 17.6. The summed E-state index contributed by atoms with van der Waals surface area (Å²) in [6.07, 6.45) is 2.37. The van der Waals surface area contributed by atoms with E-state index >= 15 is 0 Å². The number of carboxylic acids is 1. The monoisotopic (exact) mass is 519 g/mol. The lowest BCUT2D eigenvalue weighted by Crippen LogP contribution is -2.28. The predicted molar refractivity (Wildman–Crippen MR) is 126 cm³/mol. The van der Waals surface area contributed by atoms with E-state index in [2.05, 4.69) is 15.9 Å². The second-order valence-electron chi connectivity index (χ2n) is 6.89. The molecule has 2 aromatic rings. The van der Waals surface area contributed by atoms with Gasteiger partial charge < -0.3 is 14.6 Å². The predicted octanol–water partition coefficient (Wildman–Crippen LogP) is 5.57. The van der Waals surface area contributed by atoms with Crippen LogP contribution in [0.4, 0.5) is 4.79 Å². The van der Waals surface area contributed by atoms with Crippen molar-refractivity contribution in [3.8, 4) is 11.5 Å². The number of amides is 2. The summed E-state index contributed by atoms with van der Waals surface area (Å²) < 4.78 is 12.3. The van der Waals surface area contributed by atoms with Crippen molar-refractivity contribution in [1.82, 2.24) is 4.90 Å². The molecule has 0 aliphatic carbocycles. The number of aromatic carboxylic acids is 1. The number of hydrogen-bond acceptors (Lipinski definition) is 6. The maximum absolute atomic E-state index is 12.5. The Kier molecular flexibility index (Phi) is 7.98. The van der Waals surface area contributed by atoms with E-state index in [4.69, 9.17) is 14.6 Å². The first-order chi connectivity index (χ1) is 15.3. The Morgan fingerprint density at radius 1 is 1.16 bits per heavy atom. The van der Waals surface area contributed by atoms with E-state index in [1.165, 1.54) is 17.0 Å². The van der Waals surface area contributed by atoms with Gasteiger partial charge in [-0.15, -0.1) is 0 Å². The molecule has 1 aliphatic rings. The highest BCUT2D eigenvalue weighted by molar-refractivity contribution is 9.10. The molecule has 0 unspecified atom stereocenters. The van der Waals surface area contributed by atoms with Gasteiger partial charge in [0.2, 0.25) is 0 Å². The van der Waals surface area contributed by atoms with Gasteiger partial charge >= 0.3 is 5.97 Å². The number of carboxylic acid groups (broad SMARTS) is 1. The van der Waals surface area contributed by atoms with E-state index in [0.29, 0.717) is 46.0 Å². The molecule has 0 spiro atoms. The Balaban J connectivity index is 1.82. The Morgan fingerprint density at radius 2 is 1.88 bits per heavy atom. The van der Waals surface area contributed by atoms with Crippen LogP contribution in [0.3, 0.4) is 0 Å². The van der Waals surface area contributed by atoms with Crippen molar-refractivity contribution in [2.24, 2.45) is 0 Å². The maximum atomic E-state index is 12.5. The van der Waals surface area contributed by atoms with Gasteiger partial charge in [-0.05, 0) is 82.5 Å². The molecule has 7 nitrogen and oxygen atoms in total. The number of benzene rings is 2. The number of carbonyl (C=O) groups excluding carboxylic acids is 2. The average Bonchev–Trinajstić information content (AvgIpc) is 3.01. The second kappa shape index (κ2) is 10.7. The minimum atomic E-state index is -0.984. The van der Waals surface area contributed by atoms with Crippen molar-refractivity contribution >= 4 is 50.9 Å². The van der Waals surface area contributed by atoms with Crippen molar-refractivity contribution in [2.45, 2.75) is 26.9 Å². The fraction of sp³-hybridized carbons (Fsp3) is 0.261. The van der Waals surface area contributed by atoms with Gasteiger partial charge in [-0.3, -0.25) is 14.5 Å². The van der Waals surface area contributed by atoms with E-state index < -0.39 is 5.97 Å². The number of imide groups is 1. The van der Waals surface area contributed by atoms with Gasteiger partial charge in [-0.2, -0.15) is 0 Å². The van der Waals surface area contributed by atoms with Crippen molar-refractivity contribution in [1.29, 1.82) is 0 Å². The van der Waals surface area contributed by atoms with Gasteiger partial charge in [0.1, 0.15) is 6.61 Å². The van der Waals surface area contributed by atoms with Gasteiger partial charge in [-0.1, -0.05) is 19.1 Å². The lowest BCUT2D eigenvalue weighted by Gasteiger charge is -2.15. The molecule has 9 heteroatoms. The highest BCUT2D eigenvalue weighted by Crippen LogP contribution is 2.39. The summed E-state index contributed by atoms with van der Waals surface area (Å²) in [6, 6.07) is 9.98. The second-order valence-corrected chi connectivity index (χ2v) is 8.73. The smallest absolute Gasteiger partial charge is 0.335 e. The van der Waals surface area contributed by atoms with E-state index in [1.54, 1.807) is 30.3 Å². The Bertz CT molecular complexity index is 1070. The summed E-state index contributed by atoms with van der Waals surface area (Å²) in [5.41, 5.74) is 1.70. The summed E-state index contributed by atoms with van der Waals surface area (Å²) in [5, 5.41) is 8.75. The van der Waals surface area contributed by atoms with Crippen LogP contribution in [-0.2, 0) is 11.4 Å². The molecular weight excluding hydrogens is 498 g/mol. The summed E-state index contributed by atoms with van der Waals surface area (Å²) in [6.45, 7) is 4.79. The Labute approximate surface area is 198 Å². The molecule has 1 fully saturated rings. The van der Waals surface area contributed by atoms with E-state index in [9.17, 15) is 14.4 Å². The van der Waals surface area contributed by atoms with Crippen molar-refractivity contribution in [3.05, 3.63) is 62.5 Å². The van der Waals surface area contributed by atoms with E-state index in [-0.39, 0.29) is 23.3 Å². The van der Waals surface area contributed by atoms with Gasteiger partial charge in [0, 0.05) is 6.54 Å². The van der Waals surface area contributed by atoms with Crippen molar-refractivity contribution in [2.75, 3.05) is 13.2 Å². The minimum absolute atomic E-state index is 0.206. The normalized spacial score (nSPS) is 14.8. The largest absolute Gasteiger partial charge is 0.490 e. The van der Waals surface area contributed by atoms with Crippen LogP contribution >= 0.6 is 27.7 Å². The van der Waals surface area contributed by atoms with Crippen LogP contribution in [0.2, 0.25) is 0 Å². The van der Waals surface area contributed by atoms with Crippen molar-refractivity contribution in [3.63, 3.8) is 0 Å². The number of hydrogen-bond donors (Lipinski definition) is 1. The number of nitrogens with zero attached hydrogens (tertiary/aromatic N) is 1. The quantitative estimate of drug-likeness (QED) is 0.432. The van der Waals surface area contributed by atoms with Crippen LogP contribution < -0.4 is 9.47 Å². The molecule has 0 atom stereocenters. The molecule has 32 heavy (non-hydrogen) atoms. The summed E-state index contributed by atoms with van der Waals surface area (Å²) in [5.74, 6) is -0.295. The number of ether oxygens (including phenoxy) is 2. The van der Waals surface area contributed by atoms with Gasteiger partial charge in [0.15, 0.2) is 11.5 Å². The molecule has 3 rings (SSSR count). The molecule has 0 bridgehead atoms. The molecule has 2 amide bonds. The highest BCUT2D eigenvalue weighted by Gasteiger charge is 2.34. The summed E-state index contributed by atoms with van der Waals surface area (Å²) >= 11 is 4.43. The van der Waals surface area contributed by atoms with Crippen LogP contribution in [0.25, 0.3) is 6.08 Å². The Morgan fingerprint density at radius 3 is 2.50 bits per heavy atom. The lowest BCUT2D eigenvalue weighted by molar-refractivity contribution is -0.122. The van der Waals surface area contributed by atoms with Crippen LogP contribution in [0.5, 0.6) is 11.5 Å². The van der Waals surface area contributed by atoms with Gasteiger partial charge in [0.25, 0.3) is 11.1 Å². The lowest BCUT2D eigenvalue weighted by atomic mass is 10.1. The molecule has 1 heterocycles. The minimum Gasteiger partial charge on any atom is -0.490 e. The summed E-state index contributed by atoms with van der Waals surface area (Å²) in [4.78, 5) is 37.2. The third kappa shape index (κ3) is 5.52. The van der Waals surface area contributed by atoms with Crippen LogP contribution in [0, 0.1) is 0 Å². The Hall–Kier alpha value is -2.78. The zero-order valence-corrected chi connectivity index (χ0v) is 20.0. The molecule has 1 saturated heterocycles. The molecular formula is C23H22BrNO6S. The molecule has 1 aliphatic heterocycles. The fourth-order valence-corrected chi connectivity index (χ4v) is 4.48. The zero-order chi connectivity index (χ0) is 23.3.